The SMILES string of the molecule is CC[C@H]1OC(=O)[C@H](C)[C@@H](OC)[C@H](C)[C@@H](O[C@@H]2O[C@H](C)C[C@H](N(C)CCc3cn(C(CF)Cn4cc(-c5ccc([N+](=O)[O-])cc5)nn4)nn3)[C@H]2O)[C@](C)(O)C[C@@H](C)CN(C)[C@H](C)[C@@H](O)[C@]1(C)O. The van der Waals surface area contributed by atoms with Gasteiger partial charge in [0.05, 0.1) is 53.2 Å². The Morgan fingerprint density at radius 1 is 1.08 bits per heavy atom. The van der Waals surface area contributed by atoms with E-state index < -0.39 is 95.5 Å². The zero-order valence-corrected chi connectivity index (χ0v) is 40.2. The lowest BCUT2D eigenvalue weighted by molar-refractivity contribution is -0.384. The van der Waals surface area contributed by atoms with E-state index in [4.69, 9.17) is 18.9 Å². The molecule has 21 heteroatoms. The number of ether oxygens (including phenoxy) is 4. The van der Waals surface area contributed by atoms with Gasteiger partial charge < -0.3 is 49.2 Å². The van der Waals surface area contributed by atoms with Gasteiger partial charge in [0.15, 0.2) is 6.29 Å². The van der Waals surface area contributed by atoms with Crippen molar-refractivity contribution in [2.45, 2.75) is 160 Å². The number of cyclic esters (lactones) is 1. The summed E-state index contributed by atoms with van der Waals surface area (Å²) in [5.41, 5.74) is -1.66. The highest BCUT2D eigenvalue weighted by Crippen LogP contribution is 2.37. The van der Waals surface area contributed by atoms with E-state index in [9.17, 15) is 39.7 Å². The normalized spacial score (nSPS) is 35.0. The Balaban J connectivity index is 1.29. The highest BCUT2D eigenvalue weighted by molar-refractivity contribution is 5.73. The molecule has 2 aliphatic heterocycles. The maximum absolute atomic E-state index is 14.4. The molecule has 1 unspecified atom stereocenters. The summed E-state index contributed by atoms with van der Waals surface area (Å²) < 4.78 is 42.2. The molecule has 0 bridgehead atoms. The standard InChI is InChI=1S/C45H72FN9O11/c1-12-37-45(8,60)40(57)30(6)52(10)22-26(2)20-44(7,59)41(28(4)39(63-11)29(5)42(58)65-37)66-43-38(56)36(19-27(3)64-43)51(9)18-17-32-23-54(50-47-32)34(21-46)24-53-25-35(48-49-53)31-13-15-33(16-14-31)55(61)62/h13-16,23,25-30,34,36-41,43,56-57,59-60H,12,17-22,24H2,1-11H3/t26-,27-,28+,29-,30-,34?,36+,37-,38-,39+,40-,41-,43+,44-,45-/m1/s1. The van der Waals surface area contributed by atoms with E-state index in [1.807, 2.05) is 44.7 Å². The van der Waals surface area contributed by atoms with Crippen LogP contribution < -0.4 is 0 Å². The first-order valence-corrected chi connectivity index (χ1v) is 22.9. The molecule has 4 heterocycles. The van der Waals surface area contributed by atoms with Crippen LogP contribution in [-0.4, -0.2) is 178 Å². The average molecular weight is 934 g/mol. The van der Waals surface area contributed by atoms with Crippen molar-refractivity contribution >= 4 is 11.7 Å². The number of carbonyl (C=O) groups is 1. The summed E-state index contributed by atoms with van der Waals surface area (Å²) in [7, 11) is 5.17. The van der Waals surface area contributed by atoms with E-state index in [1.54, 1.807) is 52.2 Å². The second-order valence-electron chi connectivity index (χ2n) is 19.2. The van der Waals surface area contributed by atoms with Crippen LogP contribution in [-0.2, 0) is 36.7 Å². The van der Waals surface area contributed by atoms with E-state index in [2.05, 4.69) is 20.6 Å². The number of carbonyl (C=O) groups excluding carboxylic acids is 1. The van der Waals surface area contributed by atoms with Crippen molar-refractivity contribution in [2.75, 3.05) is 41.0 Å². The smallest absolute Gasteiger partial charge is 0.311 e. The molecule has 4 N–H and O–H groups in total. The molecular weight excluding hydrogens is 862 g/mol. The molecule has 2 aliphatic rings. The number of non-ortho nitro benzene ring substituents is 1. The number of nitro benzene ring substituents is 1. The molecule has 0 spiro atoms. The first-order valence-electron chi connectivity index (χ1n) is 22.9. The Kier molecular flexibility index (Phi) is 17.9. The number of likely N-dealkylation sites (N-methyl/N-ethyl adjacent to an activating group) is 2. The Bertz CT molecular complexity index is 2020. The number of esters is 1. The van der Waals surface area contributed by atoms with Crippen molar-refractivity contribution in [3.63, 3.8) is 0 Å². The molecule has 15 atom stereocenters. The van der Waals surface area contributed by atoms with Gasteiger partial charge in [-0.1, -0.05) is 31.2 Å². The predicted molar refractivity (Wildman–Crippen MR) is 240 cm³/mol. The van der Waals surface area contributed by atoms with Gasteiger partial charge in [-0.3, -0.25) is 14.9 Å². The molecule has 0 radical (unpaired) electrons. The largest absolute Gasteiger partial charge is 0.459 e. The molecule has 370 valence electrons. The van der Waals surface area contributed by atoms with Gasteiger partial charge in [0.1, 0.15) is 42.3 Å². The minimum atomic E-state index is -1.77. The number of aliphatic hydroxyl groups excluding tert-OH is 2. The van der Waals surface area contributed by atoms with Gasteiger partial charge in [0.2, 0.25) is 0 Å². The van der Waals surface area contributed by atoms with Crippen LogP contribution in [0.15, 0.2) is 36.7 Å². The third-order valence-electron chi connectivity index (χ3n) is 13.7. The Hall–Kier alpha value is -4.06. The monoisotopic (exact) mass is 934 g/mol. The second-order valence-corrected chi connectivity index (χ2v) is 19.2. The third kappa shape index (κ3) is 12.3. The van der Waals surface area contributed by atoms with E-state index in [1.165, 1.54) is 35.5 Å². The van der Waals surface area contributed by atoms with Crippen molar-refractivity contribution in [2.24, 2.45) is 17.8 Å². The molecular formula is C45H72FN9O11. The number of aromatic nitrogens is 6. The lowest BCUT2D eigenvalue weighted by atomic mass is 9.78. The first-order chi connectivity index (χ1) is 31.0. The number of rotatable bonds is 14. The van der Waals surface area contributed by atoms with Gasteiger partial charge in [-0.2, -0.15) is 0 Å². The van der Waals surface area contributed by atoms with Crippen LogP contribution >= 0.6 is 0 Å². The number of alkyl halides is 1. The highest BCUT2D eigenvalue weighted by Gasteiger charge is 2.50. The summed E-state index contributed by atoms with van der Waals surface area (Å²) in [6.45, 7) is 14.3. The topological polar surface area (TPSA) is 246 Å². The van der Waals surface area contributed by atoms with Crippen LogP contribution in [0.2, 0.25) is 0 Å². The molecule has 2 fully saturated rings. The van der Waals surface area contributed by atoms with Crippen molar-refractivity contribution in [3.05, 3.63) is 52.5 Å². The summed E-state index contributed by atoms with van der Waals surface area (Å²) in [6, 6.07) is 4.18. The van der Waals surface area contributed by atoms with Gasteiger partial charge in [-0.05, 0) is 86.0 Å². The Morgan fingerprint density at radius 2 is 1.76 bits per heavy atom. The molecule has 0 aliphatic carbocycles. The second kappa shape index (κ2) is 22.4. The number of aliphatic hydroxyl groups is 4. The molecule has 0 amide bonds. The van der Waals surface area contributed by atoms with Crippen LogP contribution in [0.4, 0.5) is 10.1 Å². The first kappa shape index (κ1) is 52.9. The molecule has 3 aromatic rings. The number of benzene rings is 1. The van der Waals surface area contributed by atoms with Gasteiger partial charge in [0, 0.05) is 68.5 Å². The zero-order valence-electron chi connectivity index (χ0n) is 40.2. The number of methoxy groups -OCH3 is 1. The summed E-state index contributed by atoms with van der Waals surface area (Å²) in [6.07, 6.45) is -2.21. The number of nitro groups is 1. The molecule has 0 saturated carbocycles. The zero-order chi connectivity index (χ0) is 48.8. The quantitative estimate of drug-likeness (QED) is 0.103. The fourth-order valence-electron chi connectivity index (χ4n) is 9.82. The predicted octanol–water partition coefficient (Wildman–Crippen LogP) is 3.21. The Labute approximate surface area is 386 Å². The van der Waals surface area contributed by atoms with Crippen molar-refractivity contribution in [1.29, 1.82) is 0 Å². The molecule has 20 nitrogen and oxygen atoms in total. The minimum absolute atomic E-state index is 0.0466. The fraction of sp³-hybridized carbons (Fsp3) is 0.756. The van der Waals surface area contributed by atoms with Gasteiger partial charge in [0.25, 0.3) is 5.69 Å². The van der Waals surface area contributed by atoms with Gasteiger partial charge in [-0.25, -0.2) is 13.8 Å². The van der Waals surface area contributed by atoms with Gasteiger partial charge in [-0.15, -0.1) is 10.2 Å². The van der Waals surface area contributed by atoms with Crippen LogP contribution in [0, 0.1) is 27.9 Å². The van der Waals surface area contributed by atoms with Crippen LogP contribution in [0.3, 0.4) is 0 Å². The summed E-state index contributed by atoms with van der Waals surface area (Å²) in [5, 5.41) is 75.2. The van der Waals surface area contributed by atoms with Crippen LogP contribution in [0.25, 0.3) is 11.3 Å². The number of nitrogens with zero attached hydrogens (tertiary/aromatic N) is 9. The highest BCUT2D eigenvalue weighted by atomic mass is 19.1. The van der Waals surface area contributed by atoms with Crippen molar-refractivity contribution < 1.29 is 53.5 Å². The average Bonchev–Trinajstić information content (AvgIpc) is 3.95. The third-order valence-corrected chi connectivity index (χ3v) is 13.7. The summed E-state index contributed by atoms with van der Waals surface area (Å²) in [5.74, 6) is -2.35. The Morgan fingerprint density at radius 3 is 2.38 bits per heavy atom. The molecule has 66 heavy (non-hydrogen) atoms. The number of hydrogen-bond donors (Lipinski definition) is 4. The van der Waals surface area contributed by atoms with E-state index in [-0.39, 0.29) is 37.1 Å². The summed E-state index contributed by atoms with van der Waals surface area (Å²) >= 11 is 0. The van der Waals surface area contributed by atoms with Crippen LogP contribution in [0.1, 0.15) is 86.4 Å². The number of hydrogen-bond acceptors (Lipinski definition) is 17. The lowest BCUT2D eigenvalue weighted by Gasteiger charge is -2.47. The lowest BCUT2D eigenvalue weighted by Crippen LogP contribution is -2.59. The summed E-state index contributed by atoms with van der Waals surface area (Å²) in [4.78, 5) is 28.3. The molecule has 2 saturated heterocycles. The van der Waals surface area contributed by atoms with E-state index >= 15 is 0 Å². The molecule has 5 rings (SSSR count). The molecule has 1 aromatic carbocycles. The van der Waals surface area contributed by atoms with Crippen molar-refractivity contribution in [1.82, 2.24) is 39.8 Å². The maximum atomic E-state index is 14.4. The minimum Gasteiger partial charge on any atom is -0.459 e. The van der Waals surface area contributed by atoms with Crippen LogP contribution in [0.5, 0.6) is 0 Å². The molecule has 2 aromatic heterocycles. The fourth-order valence-corrected chi connectivity index (χ4v) is 9.82. The van der Waals surface area contributed by atoms with Crippen molar-refractivity contribution in [3.8, 4) is 11.3 Å². The van der Waals surface area contributed by atoms with E-state index in [0.29, 0.717) is 42.9 Å². The van der Waals surface area contributed by atoms with Gasteiger partial charge >= 0.3 is 5.97 Å². The number of halogens is 1. The maximum Gasteiger partial charge on any atom is 0.311 e. The van der Waals surface area contributed by atoms with E-state index in [0.717, 1.165) is 0 Å².